The number of fused-ring (bicyclic) bond motifs is 2. The number of rotatable bonds is 7. The first kappa shape index (κ1) is 22.6. The van der Waals surface area contributed by atoms with Crippen LogP contribution in [0, 0.1) is 0 Å². The maximum atomic E-state index is 13.1. The molecule has 0 bridgehead atoms. The minimum absolute atomic E-state index is 0.0308. The fourth-order valence-corrected chi connectivity index (χ4v) is 6.07. The van der Waals surface area contributed by atoms with Crippen molar-refractivity contribution < 1.29 is 27.4 Å². The second-order valence-electron chi connectivity index (χ2n) is 8.42. The van der Waals surface area contributed by atoms with Crippen molar-refractivity contribution in [2.45, 2.75) is 17.7 Å². The number of sulfonamides is 1. The van der Waals surface area contributed by atoms with E-state index in [0.29, 0.717) is 17.9 Å². The summed E-state index contributed by atoms with van der Waals surface area (Å²) >= 11 is 0. The third kappa shape index (κ3) is 4.21. The van der Waals surface area contributed by atoms with Gasteiger partial charge in [0.2, 0.25) is 6.79 Å². The van der Waals surface area contributed by atoms with Crippen LogP contribution < -0.4 is 24.4 Å². The molecule has 5 rings (SSSR count). The molecule has 0 spiro atoms. The number of hydrogen-bond donors (Lipinski definition) is 1. The van der Waals surface area contributed by atoms with Crippen LogP contribution in [0.2, 0.25) is 0 Å². The highest BCUT2D eigenvalue weighted by Gasteiger charge is 2.38. The van der Waals surface area contributed by atoms with Gasteiger partial charge in [-0.1, -0.05) is 12.1 Å². The molecule has 1 N–H and O–H groups in total. The van der Waals surface area contributed by atoms with Crippen LogP contribution >= 0.6 is 0 Å². The predicted octanol–water partition coefficient (Wildman–Crippen LogP) is 2.56. The van der Waals surface area contributed by atoms with Crippen LogP contribution in [-0.4, -0.2) is 76.8 Å². The quantitative estimate of drug-likeness (QED) is 0.594. The fourth-order valence-electron chi connectivity index (χ4n) is 4.56. The largest absolute Gasteiger partial charge is 0.495 e. The molecule has 0 saturated carbocycles. The van der Waals surface area contributed by atoms with Crippen LogP contribution in [0.15, 0.2) is 41.3 Å². The number of methoxy groups -OCH3 is 1. The van der Waals surface area contributed by atoms with Crippen molar-refractivity contribution in [3.05, 3.63) is 36.4 Å². The molecule has 2 amide bonds. The van der Waals surface area contributed by atoms with Gasteiger partial charge in [0, 0.05) is 44.9 Å². The number of para-hydroxylation sites is 2. The molecular weight excluding hydrogens is 460 g/mol. The van der Waals surface area contributed by atoms with Crippen molar-refractivity contribution in [3.63, 3.8) is 0 Å². The molecule has 2 aromatic rings. The first-order valence-corrected chi connectivity index (χ1v) is 12.8. The third-order valence-corrected chi connectivity index (χ3v) is 8.22. The Bertz CT molecular complexity index is 1180. The van der Waals surface area contributed by atoms with Gasteiger partial charge in [0.15, 0.2) is 11.5 Å². The molecule has 1 saturated heterocycles. The lowest BCUT2D eigenvalue weighted by molar-refractivity contribution is 0.174. The summed E-state index contributed by atoms with van der Waals surface area (Å²) in [6, 6.07) is 10.3. The summed E-state index contributed by atoms with van der Waals surface area (Å²) in [7, 11) is -2.26. The van der Waals surface area contributed by atoms with Gasteiger partial charge < -0.3 is 24.4 Å². The summed E-state index contributed by atoms with van der Waals surface area (Å²) in [5, 5.41) is 2.66. The van der Waals surface area contributed by atoms with Crippen LogP contribution in [-0.2, 0) is 10.0 Å². The maximum Gasteiger partial charge on any atom is 0.335 e. The molecule has 0 aromatic heterocycles. The number of carbonyl (C=O) groups excluding carboxylic acids is 1. The third-order valence-electron chi connectivity index (χ3n) is 6.39. The Morgan fingerprint density at radius 3 is 2.47 bits per heavy atom. The van der Waals surface area contributed by atoms with E-state index in [1.807, 2.05) is 18.2 Å². The topological polar surface area (TPSA) is 101 Å². The van der Waals surface area contributed by atoms with Gasteiger partial charge in [0.05, 0.1) is 18.5 Å². The van der Waals surface area contributed by atoms with Crippen molar-refractivity contribution in [2.24, 2.45) is 0 Å². The SMILES string of the molecule is COc1ccccc1N1CCN(CCCCN2C(=O)Nc3cc4c(cc3S2(=O)=O)OCO4)CC1. The average molecular weight is 489 g/mol. The molecule has 2 aromatic carbocycles. The molecule has 3 heterocycles. The minimum atomic E-state index is -3.95. The Labute approximate surface area is 199 Å². The number of unbranched alkanes of at least 4 members (excludes halogenated alkanes) is 1. The molecule has 0 radical (unpaired) electrons. The fraction of sp³-hybridized carbons (Fsp3) is 0.435. The molecule has 182 valence electrons. The number of amides is 2. The zero-order chi connectivity index (χ0) is 23.7. The van der Waals surface area contributed by atoms with Crippen molar-refractivity contribution in [1.29, 1.82) is 0 Å². The molecule has 3 aliphatic rings. The summed E-state index contributed by atoms with van der Waals surface area (Å²) in [6.07, 6.45) is 1.38. The van der Waals surface area contributed by atoms with Gasteiger partial charge in [-0.3, -0.25) is 4.90 Å². The van der Waals surface area contributed by atoms with E-state index in [2.05, 4.69) is 21.2 Å². The summed E-state index contributed by atoms with van der Waals surface area (Å²) in [5.41, 5.74) is 1.33. The Hall–Kier alpha value is -3.18. The predicted molar refractivity (Wildman–Crippen MR) is 126 cm³/mol. The van der Waals surface area contributed by atoms with Crippen LogP contribution in [0.3, 0.4) is 0 Å². The second kappa shape index (κ2) is 9.22. The van der Waals surface area contributed by atoms with E-state index in [0.717, 1.165) is 54.9 Å². The highest BCUT2D eigenvalue weighted by Crippen LogP contribution is 2.41. The number of nitrogens with zero attached hydrogens (tertiary/aromatic N) is 3. The molecule has 0 unspecified atom stereocenters. The van der Waals surface area contributed by atoms with E-state index in [-0.39, 0.29) is 23.9 Å². The summed E-state index contributed by atoms with van der Waals surface area (Å²) in [5.74, 6) is 1.67. The molecular formula is C23H28N4O6S. The minimum Gasteiger partial charge on any atom is -0.495 e. The number of anilines is 2. The monoisotopic (exact) mass is 488 g/mol. The number of piperazine rings is 1. The Morgan fingerprint density at radius 2 is 1.71 bits per heavy atom. The maximum absolute atomic E-state index is 13.1. The highest BCUT2D eigenvalue weighted by atomic mass is 32.2. The zero-order valence-corrected chi connectivity index (χ0v) is 19.8. The van der Waals surface area contributed by atoms with E-state index < -0.39 is 16.1 Å². The van der Waals surface area contributed by atoms with Gasteiger partial charge in [-0.05, 0) is 31.5 Å². The van der Waals surface area contributed by atoms with Gasteiger partial charge in [-0.15, -0.1) is 0 Å². The smallest absolute Gasteiger partial charge is 0.335 e. The number of ether oxygens (including phenoxy) is 3. The Morgan fingerprint density at radius 1 is 1.00 bits per heavy atom. The van der Waals surface area contributed by atoms with Crippen LogP contribution in [0.25, 0.3) is 0 Å². The number of hydrogen-bond acceptors (Lipinski definition) is 8. The molecule has 10 nitrogen and oxygen atoms in total. The van der Waals surface area contributed by atoms with Gasteiger partial charge in [-0.25, -0.2) is 17.5 Å². The van der Waals surface area contributed by atoms with Crippen LogP contribution in [0.4, 0.5) is 16.2 Å². The first-order valence-electron chi connectivity index (χ1n) is 11.3. The second-order valence-corrected chi connectivity index (χ2v) is 10.2. The van der Waals surface area contributed by atoms with Crippen molar-refractivity contribution in [3.8, 4) is 17.2 Å². The molecule has 1 fully saturated rings. The van der Waals surface area contributed by atoms with Gasteiger partial charge in [-0.2, -0.15) is 0 Å². The lowest BCUT2D eigenvalue weighted by Gasteiger charge is -2.36. The number of urea groups is 1. The van der Waals surface area contributed by atoms with E-state index in [9.17, 15) is 13.2 Å². The highest BCUT2D eigenvalue weighted by molar-refractivity contribution is 7.90. The van der Waals surface area contributed by atoms with Crippen molar-refractivity contribution >= 4 is 27.4 Å². The van der Waals surface area contributed by atoms with Crippen LogP contribution in [0.5, 0.6) is 17.2 Å². The summed E-state index contributed by atoms with van der Waals surface area (Å²) < 4.78 is 43.1. The Balaban J connectivity index is 1.13. The Kier molecular flexibility index (Phi) is 6.13. The lowest BCUT2D eigenvalue weighted by atomic mass is 10.2. The first-order chi connectivity index (χ1) is 16.5. The van der Waals surface area contributed by atoms with Gasteiger partial charge >= 0.3 is 6.03 Å². The number of nitrogens with one attached hydrogen (secondary N) is 1. The average Bonchev–Trinajstić information content (AvgIpc) is 3.30. The molecule has 11 heteroatoms. The zero-order valence-electron chi connectivity index (χ0n) is 19.0. The van der Waals surface area contributed by atoms with E-state index >= 15 is 0 Å². The molecule has 0 atom stereocenters. The standard InChI is InChI=1S/C23H28N4O6S/c1-31-19-7-3-2-6-18(19)26-12-10-25(11-13-26)8-4-5-9-27-23(28)24-17-14-20-21(33-16-32-20)15-22(17)34(27,29)30/h2-3,6-7,14-15H,4-5,8-13,16H2,1H3,(H,24,28). The lowest BCUT2D eigenvalue weighted by Crippen LogP contribution is -2.47. The van der Waals surface area contributed by atoms with Crippen molar-refractivity contribution in [1.82, 2.24) is 9.21 Å². The van der Waals surface area contributed by atoms with E-state index in [4.69, 9.17) is 14.2 Å². The normalized spacial score (nSPS) is 19.0. The van der Waals surface area contributed by atoms with E-state index in [1.165, 1.54) is 12.1 Å². The summed E-state index contributed by atoms with van der Waals surface area (Å²) in [6.45, 7) is 4.64. The van der Waals surface area contributed by atoms with Crippen molar-refractivity contribution in [2.75, 3.05) is 63.4 Å². The van der Waals surface area contributed by atoms with Gasteiger partial charge in [0.1, 0.15) is 10.6 Å². The number of benzene rings is 2. The number of carbonyl (C=O) groups is 1. The van der Waals surface area contributed by atoms with Gasteiger partial charge in [0.25, 0.3) is 10.0 Å². The molecule has 3 aliphatic heterocycles. The molecule has 0 aliphatic carbocycles. The summed E-state index contributed by atoms with van der Waals surface area (Å²) in [4.78, 5) is 17.3. The van der Waals surface area contributed by atoms with Crippen LogP contribution in [0.1, 0.15) is 12.8 Å². The van der Waals surface area contributed by atoms with E-state index in [1.54, 1.807) is 7.11 Å². The molecule has 34 heavy (non-hydrogen) atoms.